The van der Waals surface area contributed by atoms with Crippen LogP contribution < -0.4 is 16.4 Å². The summed E-state index contributed by atoms with van der Waals surface area (Å²) in [6.45, 7) is 1.45. The highest BCUT2D eigenvalue weighted by Gasteiger charge is 2.25. The maximum absolute atomic E-state index is 12.2. The molecule has 1 aliphatic rings. The van der Waals surface area contributed by atoms with Gasteiger partial charge in [-0.05, 0) is 37.5 Å². The number of hydrogen-bond acceptors (Lipinski definition) is 3. The second-order valence-electron chi connectivity index (χ2n) is 5.37. The summed E-state index contributed by atoms with van der Waals surface area (Å²) in [5.41, 5.74) is 7.28. The van der Waals surface area contributed by atoms with Gasteiger partial charge >= 0.3 is 0 Å². The Hall–Kier alpha value is -1.88. The molecule has 2 atom stereocenters. The van der Waals surface area contributed by atoms with E-state index in [1.54, 1.807) is 18.2 Å². The molecule has 4 N–H and O–H groups in total. The van der Waals surface area contributed by atoms with E-state index in [1.807, 2.05) is 6.07 Å². The number of hydrogen-bond donors (Lipinski definition) is 3. The zero-order chi connectivity index (χ0) is 14.5. The van der Waals surface area contributed by atoms with Gasteiger partial charge < -0.3 is 16.4 Å². The summed E-state index contributed by atoms with van der Waals surface area (Å²) in [7, 11) is 0. The molecular formula is C15H21N3O2. The van der Waals surface area contributed by atoms with E-state index in [1.165, 1.54) is 6.92 Å². The van der Waals surface area contributed by atoms with E-state index in [9.17, 15) is 9.59 Å². The molecule has 1 aromatic carbocycles. The molecule has 1 aromatic rings. The summed E-state index contributed by atoms with van der Waals surface area (Å²) < 4.78 is 0. The quantitative estimate of drug-likeness (QED) is 0.789. The van der Waals surface area contributed by atoms with Crippen molar-refractivity contribution in [2.45, 2.75) is 38.6 Å². The minimum Gasteiger partial charge on any atom is -0.328 e. The summed E-state index contributed by atoms with van der Waals surface area (Å²) in [6.07, 6.45) is 3.65. The number of amides is 2. The van der Waals surface area contributed by atoms with Gasteiger partial charge in [0.15, 0.2) is 0 Å². The molecule has 0 spiro atoms. The highest BCUT2D eigenvalue weighted by atomic mass is 16.2. The van der Waals surface area contributed by atoms with Crippen LogP contribution in [-0.2, 0) is 9.59 Å². The maximum atomic E-state index is 12.2. The summed E-state index contributed by atoms with van der Waals surface area (Å²) in [5, 5.41) is 5.59. The van der Waals surface area contributed by atoms with Crippen molar-refractivity contribution >= 4 is 23.2 Å². The standard InChI is InChI=1S/C15H21N3O2/c1-10(19)17-13-6-3-7-14(9-13)18-15(20)11-4-2-5-12(16)8-11/h3,6-7,9,11-12H,2,4-5,8,16H2,1H3,(H,17,19)(H,18,20). The molecule has 2 amide bonds. The molecule has 0 aliphatic heterocycles. The Morgan fingerprint density at radius 1 is 1.20 bits per heavy atom. The third kappa shape index (κ3) is 4.06. The highest BCUT2D eigenvalue weighted by molar-refractivity contribution is 5.94. The van der Waals surface area contributed by atoms with Crippen LogP contribution in [0.15, 0.2) is 24.3 Å². The van der Waals surface area contributed by atoms with Crippen molar-refractivity contribution in [2.75, 3.05) is 10.6 Å². The van der Waals surface area contributed by atoms with E-state index in [-0.39, 0.29) is 23.8 Å². The van der Waals surface area contributed by atoms with E-state index >= 15 is 0 Å². The molecule has 20 heavy (non-hydrogen) atoms. The number of nitrogens with one attached hydrogen (secondary N) is 2. The van der Waals surface area contributed by atoms with E-state index in [0.717, 1.165) is 25.7 Å². The topological polar surface area (TPSA) is 84.2 Å². The SMILES string of the molecule is CC(=O)Nc1cccc(NC(=O)C2CCCC(N)C2)c1. The molecule has 1 fully saturated rings. The Kier molecular flexibility index (Phi) is 4.74. The van der Waals surface area contributed by atoms with Gasteiger partial charge in [-0.25, -0.2) is 0 Å². The predicted molar refractivity (Wildman–Crippen MR) is 79.3 cm³/mol. The number of nitrogens with two attached hydrogens (primary N) is 1. The zero-order valence-electron chi connectivity index (χ0n) is 11.7. The molecule has 2 rings (SSSR count). The van der Waals surface area contributed by atoms with Gasteiger partial charge in [0.25, 0.3) is 0 Å². The Morgan fingerprint density at radius 3 is 2.55 bits per heavy atom. The zero-order valence-corrected chi connectivity index (χ0v) is 11.7. The number of carbonyl (C=O) groups excluding carboxylic acids is 2. The minimum atomic E-state index is -0.133. The molecule has 108 valence electrons. The predicted octanol–water partition coefficient (Wildman–Crippen LogP) is 2.10. The van der Waals surface area contributed by atoms with Crippen LogP contribution in [0, 0.1) is 5.92 Å². The molecule has 2 unspecified atom stereocenters. The van der Waals surface area contributed by atoms with Crippen molar-refractivity contribution in [3.8, 4) is 0 Å². The first-order valence-corrected chi connectivity index (χ1v) is 6.98. The molecule has 0 bridgehead atoms. The number of rotatable bonds is 3. The molecule has 5 nitrogen and oxygen atoms in total. The number of carbonyl (C=O) groups is 2. The third-order valence-corrected chi connectivity index (χ3v) is 3.54. The monoisotopic (exact) mass is 275 g/mol. The van der Waals surface area contributed by atoms with Crippen LogP contribution in [0.5, 0.6) is 0 Å². The Balaban J connectivity index is 1.98. The van der Waals surface area contributed by atoms with Crippen LogP contribution in [-0.4, -0.2) is 17.9 Å². The van der Waals surface area contributed by atoms with Gasteiger partial charge in [0, 0.05) is 30.3 Å². The van der Waals surface area contributed by atoms with Crippen molar-refractivity contribution in [1.82, 2.24) is 0 Å². The largest absolute Gasteiger partial charge is 0.328 e. The fourth-order valence-corrected chi connectivity index (χ4v) is 2.59. The Morgan fingerprint density at radius 2 is 1.90 bits per heavy atom. The van der Waals surface area contributed by atoms with Crippen molar-refractivity contribution in [1.29, 1.82) is 0 Å². The van der Waals surface area contributed by atoms with E-state index in [4.69, 9.17) is 5.73 Å². The summed E-state index contributed by atoms with van der Waals surface area (Å²) >= 11 is 0. The summed E-state index contributed by atoms with van der Waals surface area (Å²) in [4.78, 5) is 23.2. The van der Waals surface area contributed by atoms with E-state index < -0.39 is 0 Å². The van der Waals surface area contributed by atoms with Gasteiger partial charge in [0.05, 0.1) is 0 Å². The molecule has 1 aliphatic carbocycles. The second kappa shape index (κ2) is 6.52. The number of anilines is 2. The molecule has 0 aromatic heterocycles. The molecular weight excluding hydrogens is 254 g/mol. The summed E-state index contributed by atoms with van der Waals surface area (Å²) in [6, 6.07) is 7.28. The van der Waals surface area contributed by atoms with Gasteiger partial charge in [-0.1, -0.05) is 12.5 Å². The molecule has 1 saturated carbocycles. The third-order valence-electron chi connectivity index (χ3n) is 3.54. The van der Waals surface area contributed by atoms with Gasteiger partial charge in [0.2, 0.25) is 11.8 Å². The average molecular weight is 275 g/mol. The van der Waals surface area contributed by atoms with E-state index in [2.05, 4.69) is 10.6 Å². The van der Waals surface area contributed by atoms with Crippen molar-refractivity contribution < 1.29 is 9.59 Å². The van der Waals surface area contributed by atoms with Crippen molar-refractivity contribution in [2.24, 2.45) is 11.7 Å². The lowest BCUT2D eigenvalue weighted by molar-refractivity contribution is -0.121. The van der Waals surface area contributed by atoms with Gasteiger partial charge in [-0.3, -0.25) is 9.59 Å². The fourth-order valence-electron chi connectivity index (χ4n) is 2.59. The Labute approximate surface area is 118 Å². The van der Waals surface area contributed by atoms with Crippen LogP contribution in [0.25, 0.3) is 0 Å². The Bertz CT molecular complexity index is 502. The average Bonchev–Trinajstić information content (AvgIpc) is 2.38. The van der Waals surface area contributed by atoms with Gasteiger partial charge in [0.1, 0.15) is 0 Å². The molecule has 0 radical (unpaired) electrons. The van der Waals surface area contributed by atoms with Gasteiger partial charge in [-0.2, -0.15) is 0 Å². The molecule has 0 saturated heterocycles. The number of benzene rings is 1. The lowest BCUT2D eigenvalue weighted by Crippen LogP contribution is -2.34. The normalized spacial score (nSPS) is 22.1. The fraction of sp³-hybridized carbons (Fsp3) is 0.467. The van der Waals surface area contributed by atoms with Gasteiger partial charge in [-0.15, -0.1) is 0 Å². The minimum absolute atomic E-state index is 0.0110. The smallest absolute Gasteiger partial charge is 0.227 e. The maximum Gasteiger partial charge on any atom is 0.227 e. The molecule has 5 heteroatoms. The molecule has 0 heterocycles. The van der Waals surface area contributed by atoms with Crippen LogP contribution in [0.1, 0.15) is 32.6 Å². The lowest BCUT2D eigenvalue weighted by atomic mass is 9.85. The van der Waals surface area contributed by atoms with Crippen LogP contribution in [0.2, 0.25) is 0 Å². The van der Waals surface area contributed by atoms with Crippen LogP contribution in [0.4, 0.5) is 11.4 Å². The van der Waals surface area contributed by atoms with Crippen LogP contribution >= 0.6 is 0 Å². The van der Waals surface area contributed by atoms with Crippen molar-refractivity contribution in [3.63, 3.8) is 0 Å². The van der Waals surface area contributed by atoms with Crippen molar-refractivity contribution in [3.05, 3.63) is 24.3 Å². The van der Waals surface area contributed by atoms with Crippen LogP contribution in [0.3, 0.4) is 0 Å². The lowest BCUT2D eigenvalue weighted by Gasteiger charge is -2.25. The first-order chi connectivity index (χ1) is 9.54. The first-order valence-electron chi connectivity index (χ1n) is 6.98. The summed E-state index contributed by atoms with van der Waals surface area (Å²) in [5.74, 6) is -0.130. The highest BCUT2D eigenvalue weighted by Crippen LogP contribution is 2.25. The first kappa shape index (κ1) is 14.5. The van der Waals surface area contributed by atoms with E-state index in [0.29, 0.717) is 11.4 Å². The second-order valence-corrected chi connectivity index (χ2v) is 5.37.